The molecule has 0 amide bonds. The summed E-state index contributed by atoms with van der Waals surface area (Å²) in [6.07, 6.45) is 1.42. The first kappa shape index (κ1) is 17.7. The molecule has 1 atom stereocenters. The molecule has 0 aromatic rings. The molecule has 5 nitrogen and oxygen atoms in total. The Morgan fingerprint density at radius 2 is 1.81 bits per heavy atom. The normalized spacial score (nSPS) is 19.7. The maximum absolute atomic E-state index is 10.7. The van der Waals surface area contributed by atoms with Crippen LogP contribution in [-0.2, 0) is 14.3 Å². The third-order valence-electron chi connectivity index (χ3n) is 1.40. The van der Waals surface area contributed by atoms with Gasteiger partial charge < -0.3 is 19.7 Å². The molecule has 1 unspecified atom stereocenters. The van der Waals surface area contributed by atoms with E-state index >= 15 is 0 Å². The van der Waals surface area contributed by atoms with E-state index in [9.17, 15) is 4.79 Å². The van der Waals surface area contributed by atoms with Crippen molar-refractivity contribution in [2.45, 2.75) is 52.4 Å². The van der Waals surface area contributed by atoms with Gasteiger partial charge in [0.2, 0.25) is 0 Å². The van der Waals surface area contributed by atoms with Gasteiger partial charge in [0.15, 0.2) is 11.9 Å². The van der Waals surface area contributed by atoms with Gasteiger partial charge in [-0.15, -0.1) is 0 Å². The third-order valence-corrected chi connectivity index (χ3v) is 1.40. The summed E-state index contributed by atoms with van der Waals surface area (Å²) in [6.45, 7) is 7.15. The van der Waals surface area contributed by atoms with Crippen LogP contribution in [0.1, 0.15) is 40.5 Å². The zero-order valence-electron chi connectivity index (χ0n) is 10.8. The zero-order valence-corrected chi connectivity index (χ0v) is 10.8. The van der Waals surface area contributed by atoms with E-state index in [-0.39, 0.29) is 12.1 Å². The van der Waals surface area contributed by atoms with Gasteiger partial charge in [-0.25, -0.2) is 4.79 Å². The number of ether oxygens (including phenoxy) is 2. The molecule has 0 aromatic heterocycles. The summed E-state index contributed by atoms with van der Waals surface area (Å²) < 4.78 is 9.55. The highest BCUT2D eigenvalue weighted by Gasteiger charge is 2.22. The number of cyclic esters (lactones) is 1. The summed E-state index contributed by atoms with van der Waals surface area (Å²) in [5.41, 5.74) is 0. The number of carbonyl (C=O) groups excluding carboxylic acids is 1. The minimum atomic E-state index is -1.50. The lowest BCUT2D eigenvalue weighted by atomic mass is 10.2. The van der Waals surface area contributed by atoms with E-state index in [0.717, 1.165) is 12.8 Å². The second-order valence-corrected chi connectivity index (χ2v) is 3.53. The van der Waals surface area contributed by atoms with Crippen molar-refractivity contribution >= 4 is 5.97 Å². The molecule has 2 N–H and O–H groups in total. The minimum absolute atomic E-state index is 0.219. The molecule has 0 radical (unpaired) electrons. The number of esters is 1. The molecular formula is C11H24O5. The first-order chi connectivity index (χ1) is 7.34. The zero-order chi connectivity index (χ0) is 13.2. The topological polar surface area (TPSA) is 76.0 Å². The van der Waals surface area contributed by atoms with Crippen molar-refractivity contribution in [2.75, 3.05) is 13.7 Å². The molecule has 1 rings (SSSR count). The summed E-state index contributed by atoms with van der Waals surface area (Å²) in [4.78, 5) is 10.7. The molecule has 1 aliphatic rings. The van der Waals surface area contributed by atoms with Gasteiger partial charge >= 0.3 is 5.97 Å². The van der Waals surface area contributed by atoms with Crippen molar-refractivity contribution in [3.05, 3.63) is 0 Å². The summed E-state index contributed by atoms with van der Waals surface area (Å²) in [5, 5.41) is 16.2. The van der Waals surface area contributed by atoms with Gasteiger partial charge in [0.05, 0.1) is 6.61 Å². The first-order valence-electron chi connectivity index (χ1n) is 5.49. The Balaban J connectivity index is 0. The van der Waals surface area contributed by atoms with Crippen LogP contribution in [0.3, 0.4) is 0 Å². The first-order valence-corrected chi connectivity index (χ1v) is 5.49. The second kappa shape index (κ2) is 9.57. The van der Waals surface area contributed by atoms with Crippen molar-refractivity contribution < 1.29 is 24.5 Å². The number of rotatable bonds is 1. The van der Waals surface area contributed by atoms with Gasteiger partial charge in [-0.1, -0.05) is 13.8 Å². The molecule has 1 fully saturated rings. The van der Waals surface area contributed by atoms with Crippen LogP contribution in [0, 0.1) is 0 Å². The molecule has 1 aliphatic heterocycles. The lowest BCUT2D eigenvalue weighted by Gasteiger charge is -2.18. The van der Waals surface area contributed by atoms with Crippen LogP contribution >= 0.6 is 0 Å². The molecule has 98 valence electrons. The highest BCUT2D eigenvalue weighted by Crippen LogP contribution is 2.09. The predicted octanol–water partition coefficient (Wildman–Crippen LogP) is 1.07. The van der Waals surface area contributed by atoms with Gasteiger partial charge in [0, 0.05) is 7.11 Å². The molecule has 0 saturated carbocycles. The molecule has 0 bridgehead atoms. The number of carbonyl (C=O) groups is 1. The average Bonchev–Trinajstić information content (AvgIpc) is 2.19. The van der Waals surface area contributed by atoms with Gasteiger partial charge in [-0.05, 0) is 26.7 Å². The lowest BCUT2D eigenvalue weighted by molar-refractivity contribution is -0.160. The van der Waals surface area contributed by atoms with E-state index in [1.807, 2.05) is 13.8 Å². The minimum Gasteiger partial charge on any atom is -0.464 e. The fraction of sp³-hybridized carbons (Fsp3) is 0.909. The van der Waals surface area contributed by atoms with Crippen LogP contribution in [0.15, 0.2) is 0 Å². The third kappa shape index (κ3) is 13.4. The van der Waals surface area contributed by atoms with Crippen LogP contribution in [0.25, 0.3) is 0 Å². The van der Waals surface area contributed by atoms with Crippen LogP contribution in [0.2, 0.25) is 0 Å². The molecule has 0 spiro atoms. The van der Waals surface area contributed by atoms with Crippen molar-refractivity contribution in [1.29, 1.82) is 0 Å². The highest BCUT2D eigenvalue weighted by atomic mass is 16.6. The molecular weight excluding hydrogens is 212 g/mol. The lowest BCUT2D eigenvalue weighted by Crippen LogP contribution is -2.30. The number of hydrogen-bond acceptors (Lipinski definition) is 5. The van der Waals surface area contributed by atoms with E-state index in [1.165, 1.54) is 21.0 Å². The van der Waals surface area contributed by atoms with E-state index in [1.54, 1.807) is 0 Å². The Labute approximate surface area is 97.4 Å². The molecule has 0 aliphatic carbocycles. The summed E-state index contributed by atoms with van der Waals surface area (Å²) in [5.74, 6) is -1.72. The largest absolute Gasteiger partial charge is 0.464 e. The maximum atomic E-state index is 10.7. The number of aliphatic hydroxyl groups is 2. The Bertz CT molecular complexity index is 168. The summed E-state index contributed by atoms with van der Waals surface area (Å²) in [6, 6.07) is 0. The monoisotopic (exact) mass is 236 g/mol. The predicted molar refractivity (Wildman–Crippen MR) is 60.9 cm³/mol. The second-order valence-electron chi connectivity index (χ2n) is 3.53. The smallest absolute Gasteiger partial charge is 0.335 e. The van der Waals surface area contributed by atoms with Crippen LogP contribution in [-0.4, -0.2) is 41.8 Å². The van der Waals surface area contributed by atoms with E-state index in [2.05, 4.69) is 0 Å². The average molecular weight is 236 g/mol. The fourth-order valence-electron chi connectivity index (χ4n) is 0.866. The molecule has 1 heterocycles. The Morgan fingerprint density at radius 1 is 1.38 bits per heavy atom. The van der Waals surface area contributed by atoms with Crippen LogP contribution < -0.4 is 0 Å². The number of methoxy groups -OCH3 is 1. The molecule has 0 aromatic carbocycles. The quantitative estimate of drug-likeness (QED) is 0.526. The number of hydrogen-bond donors (Lipinski definition) is 2. The maximum Gasteiger partial charge on any atom is 0.335 e. The highest BCUT2D eigenvalue weighted by molar-refractivity contribution is 5.75. The van der Waals surface area contributed by atoms with Crippen LogP contribution in [0.4, 0.5) is 0 Å². The summed E-state index contributed by atoms with van der Waals surface area (Å²) >= 11 is 0. The van der Waals surface area contributed by atoms with Crippen LogP contribution in [0.5, 0.6) is 0 Å². The Kier molecular flexibility index (Phi) is 10.6. The van der Waals surface area contributed by atoms with Crippen molar-refractivity contribution in [2.24, 2.45) is 0 Å². The van der Waals surface area contributed by atoms with Crippen molar-refractivity contribution in [3.63, 3.8) is 0 Å². The SMILES string of the molecule is CC.CC(C)(O)O.COC1CCCOC1=O. The summed E-state index contributed by atoms with van der Waals surface area (Å²) in [7, 11) is 1.53. The van der Waals surface area contributed by atoms with Crippen molar-refractivity contribution in [3.8, 4) is 0 Å². The Hall–Kier alpha value is -0.650. The fourth-order valence-corrected chi connectivity index (χ4v) is 0.866. The van der Waals surface area contributed by atoms with Gasteiger partial charge in [0.1, 0.15) is 0 Å². The Morgan fingerprint density at radius 3 is 2.06 bits per heavy atom. The molecule has 5 heteroatoms. The van der Waals surface area contributed by atoms with Gasteiger partial charge in [-0.3, -0.25) is 0 Å². The standard InChI is InChI=1S/C6H10O3.C3H8O2.C2H6/c1-8-5-3-2-4-9-6(5)7;1-3(2,4)5;1-2/h5H,2-4H2,1H3;4-5H,1-2H3;1-2H3. The molecule has 16 heavy (non-hydrogen) atoms. The van der Waals surface area contributed by atoms with Gasteiger partial charge in [0.25, 0.3) is 0 Å². The van der Waals surface area contributed by atoms with Gasteiger partial charge in [-0.2, -0.15) is 0 Å². The van der Waals surface area contributed by atoms with Crippen molar-refractivity contribution in [1.82, 2.24) is 0 Å². The molecule has 1 saturated heterocycles. The van der Waals surface area contributed by atoms with E-state index < -0.39 is 5.79 Å². The van der Waals surface area contributed by atoms with E-state index in [0.29, 0.717) is 6.61 Å². The van der Waals surface area contributed by atoms with E-state index in [4.69, 9.17) is 19.7 Å².